The third-order valence-electron chi connectivity index (χ3n) is 4.32. The Labute approximate surface area is 157 Å². The zero-order valence-electron chi connectivity index (χ0n) is 15.0. The second-order valence-electron chi connectivity index (χ2n) is 6.76. The molecule has 1 aliphatic heterocycles. The number of aromatic nitrogens is 1. The molecule has 2 heterocycles. The van der Waals surface area contributed by atoms with Crippen molar-refractivity contribution in [1.29, 1.82) is 0 Å². The third-order valence-corrected chi connectivity index (χ3v) is 4.55. The Morgan fingerprint density at radius 2 is 2.15 bits per heavy atom. The first-order valence-corrected chi connectivity index (χ1v) is 8.71. The summed E-state index contributed by atoms with van der Waals surface area (Å²) in [6.45, 7) is 2.24. The summed E-state index contributed by atoms with van der Waals surface area (Å²) in [6.07, 6.45) is 2.06. The van der Waals surface area contributed by atoms with E-state index in [2.05, 4.69) is 15.6 Å². The first-order chi connectivity index (χ1) is 12.3. The quantitative estimate of drug-likeness (QED) is 0.809. The van der Waals surface area contributed by atoms with Gasteiger partial charge in [-0.25, -0.2) is 4.98 Å². The van der Waals surface area contributed by atoms with Gasteiger partial charge in [-0.15, -0.1) is 0 Å². The lowest BCUT2D eigenvalue weighted by atomic mass is 9.84. The molecule has 2 N–H and O–H groups in total. The number of rotatable bonds is 4. The molecular weight excluding hydrogens is 352 g/mol. The fraction of sp³-hybridized carbons (Fsp3) is 0.316. The van der Waals surface area contributed by atoms with Crippen molar-refractivity contribution in [3.05, 3.63) is 52.3 Å². The minimum atomic E-state index is -0.0985. The Hall–Kier alpha value is -2.44. The molecular formula is C19H21ClN4O2. The van der Waals surface area contributed by atoms with Crippen molar-refractivity contribution in [2.24, 2.45) is 0 Å². The Morgan fingerprint density at radius 1 is 1.38 bits per heavy atom. The molecule has 1 aromatic carbocycles. The van der Waals surface area contributed by atoms with Crippen molar-refractivity contribution in [3.8, 4) is 0 Å². The number of carbonyl (C=O) groups is 2. The molecule has 0 unspecified atom stereocenters. The Morgan fingerprint density at radius 3 is 2.81 bits per heavy atom. The Balaban J connectivity index is 1.95. The van der Waals surface area contributed by atoms with Crippen molar-refractivity contribution >= 4 is 34.8 Å². The number of aryl methyl sites for hydroxylation is 1. The van der Waals surface area contributed by atoms with Gasteiger partial charge >= 0.3 is 0 Å². The van der Waals surface area contributed by atoms with Gasteiger partial charge in [-0.05, 0) is 49.8 Å². The van der Waals surface area contributed by atoms with E-state index in [1.807, 2.05) is 39.2 Å². The molecule has 1 atom stereocenters. The van der Waals surface area contributed by atoms with Gasteiger partial charge in [0.2, 0.25) is 11.8 Å². The molecule has 6 nitrogen and oxygen atoms in total. The van der Waals surface area contributed by atoms with Gasteiger partial charge in [-0.3, -0.25) is 9.59 Å². The maximum Gasteiger partial charge on any atom is 0.238 e. The van der Waals surface area contributed by atoms with Crippen molar-refractivity contribution < 1.29 is 9.59 Å². The van der Waals surface area contributed by atoms with Crippen LogP contribution in [0, 0.1) is 6.92 Å². The van der Waals surface area contributed by atoms with Gasteiger partial charge in [0.25, 0.3) is 0 Å². The second kappa shape index (κ2) is 7.43. The number of pyridine rings is 1. The van der Waals surface area contributed by atoms with Gasteiger partial charge in [-0.1, -0.05) is 23.7 Å². The van der Waals surface area contributed by atoms with Gasteiger partial charge in [0.15, 0.2) is 0 Å². The largest absolute Gasteiger partial charge is 0.326 e. The summed E-state index contributed by atoms with van der Waals surface area (Å²) in [4.78, 5) is 30.2. The molecule has 1 aliphatic rings. The summed E-state index contributed by atoms with van der Waals surface area (Å²) >= 11 is 5.88. The van der Waals surface area contributed by atoms with Crippen molar-refractivity contribution in [2.45, 2.75) is 19.3 Å². The van der Waals surface area contributed by atoms with Gasteiger partial charge in [0.1, 0.15) is 5.15 Å². The molecule has 0 fully saturated rings. The van der Waals surface area contributed by atoms with Crippen LogP contribution in [-0.4, -0.2) is 42.3 Å². The number of carbonyl (C=O) groups excluding carboxylic acids is 2. The van der Waals surface area contributed by atoms with E-state index in [1.165, 1.54) is 0 Å². The van der Waals surface area contributed by atoms with Crippen LogP contribution in [0.3, 0.4) is 0 Å². The average molecular weight is 373 g/mol. The van der Waals surface area contributed by atoms with Crippen LogP contribution in [0.4, 0.5) is 11.4 Å². The van der Waals surface area contributed by atoms with E-state index >= 15 is 0 Å². The highest BCUT2D eigenvalue weighted by Crippen LogP contribution is 2.39. The number of fused-ring (bicyclic) bond motifs is 1. The predicted molar refractivity (Wildman–Crippen MR) is 103 cm³/mol. The maximum atomic E-state index is 12.2. The maximum absolute atomic E-state index is 12.2. The minimum Gasteiger partial charge on any atom is -0.326 e. The van der Waals surface area contributed by atoms with E-state index < -0.39 is 0 Å². The predicted octanol–water partition coefficient (Wildman–Crippen LogP) is 3.02. The molecule has 0 saturated heterocycles. The highest BCUT2D eigenvalue weighted by atomic mass is 35.5. The normalized spacial score (nSPS) is 16.2. The van der Waals surface area contributed by atoms with Crippen LogP contribution >= 0.6 is 11.6 Å². The number of hydrogen-bond donors (Lipinski definition) is 2. The average Bonchev–Trinajstić information content (AvgIpc) is 2.55. The molecule has 0 saturated carbocycles. The number of nitrogens with zero attached hydrogens (tertiary/aromatic N) is 2. The van der Waals surface area contributed by atoms with Crippen molar-refractivity contribution in [2.75, 3.05) is 31.3 Å². The Bertz CT molecular complexity index is 849. The van der Waals surface area contributed by atoms with Crippen LogP contribution in [0.2, 0.25) is 5.15 Å². The summed E-state index contributed by atoms with van der Waals surface area (Å²) < 4.78 is 0. The topological polar surface area (TPSA) is 74.3 Å². The van der Waals surface area contributed by atoms with Gasteiger partial charge in [-0.2, -0.15) is 0 Å². The molecule has 0 radical (unpaired) electrons. The number of hydrogen-bond acceptors (Lipinski definition) is 4. The second-order valence-corrected chi connectivity index (χ2v) is 7.15. The first-order valence-electron chi connectivity index (χ1n) is 8.34. The zero-order chi connectivity index (χ0) is 18.8. The first kappa shape index (κ1) is 18.4. The van der Waals surface area contributed by atoms with Gasteiger partial charge in [0.05, 0.1) is 6.54 Å². The summed E-state index contributed by atoms with van der Waals surface area (Å²) in [7, 11) is 3.68. The lowest BCUT2D eigenvalue weighted by Crippen LogP contribution is -2.28. The summed E-state index contributed by atoms with van der Waals surface area (Å²) in [6, 6.07) is 7.46. The molecule has 136 valence electrons. The molecule has 2 aromatic rings. The van der Waals surface area contributed by atoms with E-state index in [4.69, 9.17) is 11.6 Å². The molecule has 2 amide bonds. The molecule has 0 aliphatic carbocycles. The SMILES string of the molecule is Cc1cc2c(cc1NC(=O)CN(C)C)NC(=O)C[C@H]2c1ccc(Cl)nc1. The van der Waals surface area contributed by atoms with Crippen LogP contribution < -0.4 is 10.6 Å². The van der Waals surface area contributed by atoms with E-state index in [0.29, 0.717) is 29.5 Å². The standard InChI is InChI=1S/C19H21ClN4O2/c1-11-6-14-13(12-4-5-17(20)21-9-12)7-18(25)23-16(14)8-15(11)22-19(26)10-24(2)3/h4-6,8-9,13H,7,10H2,1-3H3,(H,22,26)(H,23,25)/t13-/m0/s1. The van der Waals surface area contributed by atoms with Crippen LogP contribution in [-0.2, 0) is 9.59 Å². The lowest BCUT2D eigenvalue weighted by Gasteiger charge is -2.27. The summed E-state index contributed by atoms with van der Waals surface area (Å²) in [5, 5.41) is 6.23. The number of likely N-dealkylation sites (N-methyl/N-ethyl adjacent to an activating group) is 1. The fourth-order valence-corrected chi connectivity index (χ4v) is 3.24. The van der Waals surface area contributed by atoms with E-state index in [9.17, 15) is 9.59 Å². The van der Waals surface area contributed by atoms with Gasteiger partial charge in [0, 0.05) is 29.9 Å². The zero-order valence-corrected chi connectivity index (χ0v) is 15.7. The molecule has 1 aromatic heterocycles. The minimum absolute atomic E-state index is 0.0631. The fourth-order valence-electron chi connectivity index (χ4n) is 3.13. The third kappa shape index (κ3) is 4.03. The Kier molecular flexibility index (Phi) is 5.25. The molecule has 0 spiro atoms. The van der Waals surface area contributed by atoms with Crippen LogP contribution in [0.25, 0.3) is 0 Å². The van der Waals surface area contributed by atoms with Crippen molar-refractivity contribution in [1.82, 2.24) is 9.88 Å². The number of nitrogens with one attached hydrogen (secondary N) is 2. The van der Waals surface area contributed by atoms with Crippen molar-refractivity contribution in [3.63, 3.8) is 0 Å². The smallest absolute Gasteiger partial charge is 0.238 e. The van der Waals surface area contributed by atoms with Crippen LogP contribution in [0.15, 0.2) is 30.5 Å². The molecule has 0 bridgehead atoms. The molecule has 7 heteroatoms. The highest BCUT2D eigenvalue weighted by Gasteiger charge is 2.28. The lowest BCUT2D eigenvalue weighted by molar-refractivity contribution is -0.117. The van der Waals surface area contributed by atoms with Crippen LogP contribution in [0.5, 0.6) is 0 Å². The highest BCUT2D eigenvalue weighted by molar-refractivity contribution is 6.29. The molecule has 26 heavy (non-hydrogen) atoms. The molecule has 3 rings (SSSR count). The van der Waals surface area contributed by atoms with Crippen LogP contribution in [0.1, 0.15) is 29.0 Å². The number of benzene rings is 1. The number of halogens is 1. The van der Waals surface area contributed by atoms with E-state index in [-0.39, 0.29) is 17.7 Å². The number of amides is 2. The van der Waals surface area contributed by atoms with E-state index in [1.54, 1.807) is 17.2 Å². The summed E-state index contributed by atoms with van der Waals surface area (Å²) in [5.74, 6) is -0.251. The monoisotopic (exact) mass is 372 g/mol. The summed E-state index contributed by atoms with van der Waals surface area (Å²) in [5.41, 5.74) is 4.31. The number of anilines is 2. The van der Waals surface area contributed by atoms with Gasteiger partial charge < -0.3 is 15.5 Å². The van der Waals surface area contributed by atoms with E-state index in [0.717, 1.165) is 16.7 Å².